The molecule has 5 nitrogen and oxygen atoms in total. The quantitative estimate of drug-likeness (QED) is 0.736. The number of hydrogen-bond acceptors (Lipinski definition) is 3. The van der Waals surface area contributed by atoms with Gasteiger partial charge in [-0.25, -0.2) is 0 Å². The lowest BCUT2D eigenvalue weighted by Crippen LogP contribution is -2.53. The summed E-state index contributed by atoms with van der Waals surface area (Å²) in [6.07, 6.45) is 9.93. The molecule has 1 N–H and O–H groups in total. The second-order valence-corrected chi connectivity index (χ2v) is 8.27. The van der Waals surface area contributed by atoms with Gasteiger partial charge in [-0.1, -0.05) is 42.0 Å². The fraction of sp³-hybridized carbons (Fsp3) is 0.565. The van der Waals surface area contributed by atoms with E-state index in [1.807, 2.05) is 35.2 Å². The van der Waals surface area contributed by atoms with Crippen molar-refractivity contribution in [2.24, 2.45) is 5.92 Å². The maximum absolute atomic E-state index is 13.5. The SMILES string of the molecule is O=C1CO[C@H](C(=O)N(CCC2=CCCCC2)CC2CC2)[C@@H](c2ccccc2)N1. The first-order valence-electron chi connectivity index (χ1n) is 10.6. The Morgan fingerprint density at radius 2 is 2.00 bits per heavy atom. The summed E-state index contributed by atoms with van der Waals surface area (Å²) in [6.45, 7) is 1.50. The number of morpholine rings is 1. The van der Waals surface area contributed by atoms with Crippen molar-refractivity contribution in [3.63, 3.8) is 0 Å². The van der Waals surface area contributed by atoms with E-state index in [-0.39, 0.29) is 18.4 Å². The van der Waals surface area contributed by atoms with Crippen molar-refractivity contribution in [2.45, 2.75) is 57.1 Å². The van der Waals surface area contributed by atoms with Gasteiger partial charge in [-0.05, 0) is 56.4 Å². The van der Waals surface area contributed by atoms with Crippen LogP contribution in [0.4, 0.5) is 0 Å². The van der Waals surface area contributed by atoms with Gasteiger partial charge in [0.25, 0.3) is 5.91 Å². The third kappa shape index (κ3) is 4.82. The number of ether oxygens (including phenoxy) is 1. The lowest BCUT2D eigenvalue weighted by atomic mass is 9.96. The summed E-state index contributed by atoms with van der Waals surface area (Å²) in [5.41, 5.74) is 2.40. The minimum atomic E-state index is -0.654. The van der Waals surface area contributed by atoms with Crippen LogP contribution in [0.25, 0.3) is 0 Å². The van der Waals surface area contributed by atoms with Crippen LogP contribution in [0.15, 0.2) is 42.0 Å². The van der Waals surface area contributed by atoms with E-state index < -0.39 is 12.1 Å². The zero-order valence-corrected chi connectivity index (χ0v) is 16.4. The highest BCUT2D eigenvalue weighted by Crippen LogP contribution is 2.32. The van der Waals surface area contributed by atoms with Crippen LogP contribution in [0, 0.1) is 5.92 Å². The Morgan fingerprint density at radius 3 is 2.71 bits per heavy atom. The average molecular weight is 383 g/mol. The van der Waals surface area contributed by atoms with Crippen molar-refractivity contribution in [3.05, 3.63) is 47.5 Å². The van der Waals surface area contributed by atoms with Crippen molar-refractivity contribution >= 4 is 11.8 Å². The van der Waals surface area contributed by atoms with Gasteiger partial charge in [0.1, 0.15) is 6.61 Å². The molecule has 0 radical (unpaired) electrons. The lowest BCUT2D eigenvalue weighted by molar-refractivity contribution is -0.155. The van der Waals surface area contributed by atoms with Gasteiger partial charge in [-0.15, -0.1) is 0 Å². The summed E-state index contributed by atoms with van der Waals surface area (Å²) < 4.78 is 5.78. The van der Waals surface area contributed by atoms with Crippen LogP contribution in [0.3, 0.4) is 0 Å². The van der Waals surface area contributed by atoms with E-state index >= 15 is 0 Å². The molecule has 0 aromatic heterocycles. The highest BCUT2D eigenvalue weighted by Gasteiger charge is 2.39. The van der Waals surface area contributed by atoms with Gasteiger partial charge < -0.3 is 15.0 Å². The largest absolute Gasteiger partial charge is 0.356 e. The fourth-order valence-electron chi connectivity index (χ4n) is 4.18. The summed E-state index contributed by atoms with van der Waals surface area (Å²) in [6, 6.07) is 9.24. The van der Waals surface area contributed by atoms with Gasteiger partial charge in [-0.3, -0.25) is 9.59 Å². The smallest absolute Gasteiger partial charge is 0.254 e. The van der Waals surface area contributed by atoms with E-state index in [0.29, 0.717) is 5.92 Å². The lowest BCUT2D eigenvalue weighted by Gasteiger charge is -2.35. The van der Waals surface area contributed by atoms with Gasteiger partial charge in [0.05, 0.1) is 6.04 Å². The number of nitrogens with one attached hydrogen (secondary N) is 1. The topological polar surface area (TPSA) is 58.6 Å². The molecule has 2 fully saturated rings. The predicted molar refractivity (Wildman–Crippen MR) is 108 cm³/mol. The average Bonchev–Trinajstić information content (AvgIpc) is 3.56. The summed E-state index contributed by atoms with van der Waals surface area (Å²) in [5.74, 6) is 0.466. The van der Waals surface area contributed by atoms with Crippen LogP contribution in [-0.2, 0) is 14.3 Å². The van der Waals surface area contributed by atoms with Gasteiger partial charge in [0, 0.05) is 13.1 Å². The van der Waals surface area contributed by atoms with E-state index in [4.69, 9.17) is 4.74 Å². The molecule has 1 saturated carbocycles. The third-order valence-electron chi connectivity index (χ3n) is 5.99. The Kier molecular flexibility index (Phi) is 6.10. The summed E-state index contributed by atoms with van der Waals surface area (Å²) in [4.78, 5) is 27.4. The minimum absolute atomic E-state index is 0.0113. The summed E-state index contributed by atoms with van der Waals surface area (Å²) in [7, 11) is 0. The molecule has 1 aromatic rings. The predicted octanol–water partition coefficient (Wildman–Crippen LogP) is 3.37. The van der Waals surface area contributed by atoms with E-state index in [9.17, 15) is 9.59 Å². The van der Waals surface area contributed by atoms with E-state index in [2.05, 4.69) is 11.4 Å². The molecule has 1 saturated heterocycles. The molecule has 4 rings (SSSR count). The van der Waals surface area contributed by atoms with Crippen LogP contribution < -0.4 is 5.32 Å². The molecular weight excluding hydrogens is 352 g/mol. The number of allylic oxidation sites excluding steroid dienone is 1. The molecule has 28 heavy (non-hydrogen) atoms. The number of carbonyl (C=O) groups excluding carboxylic acids is 2. The van der Waals surface area contributed by atoms with Crippen LogP contribution in [-0.4, -0.2) is 42.5 Å². The molecule has 0 spiro atoms. The molecule has 150 valence electrons. The van der Waals surface area contributed by atoms with Crippen LogP contribution >= 0.6 is 0 Å². The van der Waals surface area contributed by atoms with Gasteiger partial charge in [0.15, 0.2) is 6.10 Å². The van der Waals surface area contributed by atoms with Crippen LogP contribution in [0.1, 0.15) is 56.6 Å². The second-order valence-electron chi connectivity index (χ2n) is 8.27. The highest BCUT2D eigenvalue weighted by molar-refractivity contribution is 5.86. The summed E-state index contributed by atoms with van der Waals surface area (Å²) >= 11 is 0. The zero-order valence-electron chi connectivity index (χ0n) is 16.4. The molecule has 1 aromatic carbocycles. The number of benzene rings is 1. The van der Waals surface area contributed by atoms with Crippen molar-refractivity contribution in [1.29, 1.82) is 0 Å². The van der Waals surface area contributed by atoms with Crippen molar-refractivity contribution in [2.75, 3.05) is 19.7 Å². The highest BCUT2D eigenvalue weighted by atomic mass is 16.5. The maximum atomic E-state index is 13.5. The van der Waals surface area contributed by atoms with Gasteiger partial charge in [0.2, 0.25) is 5.91 Å². The van der Waals surface area contributed by atoms with E-state index in [0.717, 1.165) is 31.5 Å². The normalized spacial score (nSPS) is 25.0. The number of rotatable bonds is 7. The molecule has 2 atom stereocenters. The molecular formula is C23H30N2O3. The Balaban J connectivity index is 1.48. The third-order valence-corrected chi connectivity index (χ3v) is 5.99. The van der Waals surface area contributed by atoms with Gasteiger partial charge in [-0.2, -0.15) is 0 Å². The zero-order chi connectivity index (χ0) is 19.3. The van der Waals surface area contributed by atoms with Crippen molar-refractivity contribution in [1.82, 2.24) is 10.2 Å². The Morgan fingerprint density at radius 1 is 1.18 bits per heavy atom. The maximum Gasteiger partial charge on any atom is 0.254 e. The molecule has 2 amide bonds. The van der Waals surface area contributed by atoms with Crippen LogP contribution in [0.2, 0.25) is 0 Å². The molecule has 0 bridgehead atoms. The van der Waals surface area contributed by atoms with Gasteiger partial charge >= 0.3 is 0 Å². The first-order valence-corrected chi connectivity index (χ1v) is 10.6. The first kappa shape index (κ1) is 19.2. The monoisotopic (exact) mass is 382 g/mol. The standard InChI is InChI=1S/C23H30N2O3/c26-20-16-28-22(21(24-20)19-9-5-2-6-10-19)23(27)25(15-18-11-12-18)14-13-17-7-3-1-4-8-17/h2,5-7,9-10,18,21-22H,1,3-4,8,11-16H2,(H,24,26)/t21-,22+/m1/s1. The minimum Gasteiger partial charge on any atom is -0.356 e. The fourth-order valence-corrected chi connectivity index (χ4v) is 4.18. The van der Waals surface area contributed by atoms with E-state index in [1.165, 1.54) is 37.7 Å². The number of hydrogen-bond donors (Lipinski definition) is 1. The Labute approximate surface area is 167 Å². The van der Waals surface area contributed by atoms with Crippen molar-refractivity contribution in [3.8, 4) is 0 Å². The molecule has 2 aliphatic carbocycles. The first-order chi connectivity index (χ1) is 13.7. The van der Waals surface area contributed by atoms with Crippen molar-refractivity contribution < 1.29 is 14.3 Å². The Hall–Kier alpha value is -2.14. The molecule has 0 unspecified atom stereocenters. The number of carbonyl (C=O) groups is 2. The Bertz CT molecular complexity index is 727. The molecule has 5 heteroatoms. The summed E-state index contributed by atoms with van der Waals surface area (Å²) in [5, 5.41) is 2.97. The van der Waals surface area contributed by atoms with Crippen LogP contribution in [0.5, 0.6) is 0 Å². The van der Waals surface area contributed by atoms with E-state index in [1.54, 1.807) is 0 Å². The molecule has 1 aliphatic heterocycles. The molecule has 3 aliphatic rings. The number of nitrogens with zero attached hydrogens (tertiary/aromatic N) is 1. The second kappa shape index (κ2) is 8.91. The molecule has 1 heterocycles. The number of amides is 2.